The Bertz CT molecular complexity index is 507. The van der Waals surface area contributed by atoms with Crippen LogP contribution in [0.3, 0.4) is 0 Å². The predicted molar refractivity (Wildman–Crippen MR) is 63.2 cm³/mol. The first-order valence-corrected chi connectivity index (χ1v) is 5.71. The number of carboxylic acids is 2. The van der Waals surface area contributed by atoms with Crippen molar-refractivity contribution >= 4 is 33.7 Å². The highest BCUT2D eigenvalue weighted by Crippen LogP contribution is 2.19. The van der Waals surface area contributed by atoms with E-state index in [1.165, 1.54) is 13.0 Å². The summed E-state index contributed by atoms with van der Waals surface area (Å²) in [6, 6.07) is 2.23. The number of halogens is 1. The summed E-state index contributed by atoms with van der Waals surface area (Å²) in [5.41, 5.74) is -0.00220. The van der Waals surface area contributed by atoms with Gasteiger partial charge in [0.1, 0.15) is 0 Å². The van der Waals surface area contributed by atoms with Crippen LogP contribution in [0.15, 0.2) is 12.1 Å². The maximum absolute atomic E-state index is 11.6. The van der Waals surface area contributed by atoms with E-state index in [2.05, 4.69) is 15.9 Å². The number of aromatic carboxylic acids is 2. The molecule has 1 aromatic carbocycles. The van der Waals surface area contributed by atoms with Gasteiger partial charge in [-0.15, -0.1) is 0 Å². The molecule has 17 heavy (non-hydrogen) atoms. The van der Waals surface area contributed by atoms with Crippen LogP contribution >= 0.6 is 15.9 Å². The van der Waals surface area contributed by atoms with Crippen LogP contribution in [-0.2, 0) is 0 Å². The van der Waals surface area contributed by atoms with Crippen LogP contribution in [0, 0.1) is 6.92 Å². The molecule has 5 nitrogen and oxygen atoms in total. The van der Waals surface area contributed by atoms with E-state index in [4.69, 9.17) is 10.2 Å². The Kier molecular flexibility index (Phi) is 4.01. The average molecular weight is 301 g/mol. The van der Waals surface area contributed by atoms with Gasteiger partial charge in [-0.05, 0) is 24.6 Å². The molecule has 0 atom stereocenters. The van der Waals surface area contributed by atoms with Gasteiger partial charge < -0.3 is 10.2 Å². The van der Waals surface area contributed by atoms with Gasteiger partial charge in [0.2, 0.25) is 0 Å². The molecule has 0 amide bonds. The second-order valence-corrected chi connectivity index (χ2v) is 3.92. The van der Waals surface area contributed by atoms with E-state index in [1.54, 1.807) is 0 Å². The van der Waals surface area contributed by atoms with Crippen molar-refractivity contribution in [1.82, 2.24) is 0 Å². The smallest absolute Gasteiger partial charge is 0.336 e. The normalized spacial score (nSPS) is 10.0. The van der Waals surface area contributed by atoms with E-state index in [1.807, 2.05) is 0 Å². The minimum Gasteiger partial charge on any atom is -0.478 e. The number of carbonyl (C=O) groups is 3. The van der Waals surface area contributed by atoms with Gasteiger partial charge >= 0.3 is 11.9 Å². The summed E-state index contributed by atoms with van der Waals surface area (Å²) in [5.74, 6) is -2.88. The fraction of sp³-hybridized carbons (Fsp3) is 0.182. The lowest BCUT2D eigenvalue weighted by Crippen LogP contribution is -2.11. The van der Waals surface area contributed by atoms with Crippen molar-refractivity contribution in [2.45, 2.75) is 6.92 Å². The predicted octanol–water partition coefficient (Wildman–Crippen LogP) is 1.97. The van der Waals surface area contributed by atoms with Crippen LogP contribution in [0.1, 0.15) is 36.6 Å². The van der Waals surface area contributed by atoms with Crippen LogP contribution in [0.5, 0.6) is 0 Å². The molecule has 0 unspecified atom stereocenters. The molecule has 0 aliphatic carbocycles. The third kappa shape index (κ3) is 2.71. The molecule has 0 aromatic heterocycles. The molecule has 0 heterocycles. The zero-order valence-electron chi connectivity index (χ0n) is 8.86. The summed E-state index contributed by atoms with van der Waals surface area (Å²) in [5, 5.41) is 17.8. The molecule has 0 saturated carbocycles. The monoisotopic (exact) mass is 300 g/mol. The van der Waals surface area contributed by atoms with E-state index < -0.39 is 11.9 Å². The largest absolute Gasteiger partial charge is 0.478 e. The number of Topliss-reactive ketones (excluding diaryl/α,β-unsaturated/α-hetero) is 1. The molecular weight excluding hydrogens is 292 g/mol. The van der Waals surface area contributed by atoms with Crippen molar-refractivity contribution in [2.75, 3.05) is 5.33 Å². The van der Waals surface area contributed by atoms with Crippen molar-refractivity contribution in [3.63, 3.8) is 0 Å². The van der Waals surface area contributed by atoms with E-state index in [0.717, 1.165) is 6.07 Å². The van der Waals surface area contributed by atoms with Crippen molar-refractivity contribution in [2.24, 2.45) is 0 Å². The van der Waals surface area contributed by atoms with Gasteiger partial charge in [-0.2, -0.15) is 0 Å². The maximum Gasteiger partial charge on any atom is 0.336 e. The molecule has 1 aromatic rings. The number of ketones is 1. The van der Waals surface area contributed by atoms with Gasteiger partial charge in [-0.1, -0.05) is 15.9 Å². The zero-order chi connectivity index (χ0) is 13.2. The van der Waals surface area contributed by atoms with E-state index in [-0.39, 0.29) is 33.4 Å². The Morgan fingerprint density at radius 1 is 1.12 bits per heavy atom. The third-order valence-corrected chi connectivity index (χ3v) is 2.82. The summed E-state index contributed by atoms with van der Waals surface area (Å²) >= 11 is 2.96. The summed E-state index contributed by atoms with van der Waals surface area (Å²) in [4.78, 5) is 33.3. The lowest BCUT2D eigenvalue weighted by molar-refractivity contribution is 0.0695. The van der Waals surface area contributed by atoms with Crippen LogP contribution in [0.2, 0.25) is 0 Å². The van der Waals surface area contributed by atoms with Gasteiger partial charge in [0, 0.05) is 5.56 Å². The van der Waals surface area contributed by atoms with Crippen LogP contribution in [-0.4, -0.2) is 33.3 Å². The van der Waals surface area contributed by atoms with Gasteiger partial charge in [0.25, 0.3) is 0 Å². The fourth-order valence-corrected chi connectivity index (χ4v) is 1.72. The first-order chi connectivity index (χ1) is 7.88. The number of hydrogen-bond donors (Lipinski definition) is 2. The Labute approximate surface area is 105 Å². The Morgan fingerprint density at radius 3 is 2.06 bits per heavy atom. The van der Waals surface area contributed by atoms with E-state index in [0.29, 0.717) is 0 Å². The molecule has 0 spiro atoms. The topological polar surface area (TPSA) is 91.7 Å². The minimum atomic E-state index is -1.27. The minimum absolute atomic E-state index is 0.00989. The van der Waals surface area contributed by atoms with Crippen LogP contribution < -0.4 is 0 Å². The van der Waals surface area contributed by atoms with Crippen LogP contribution in [0.25, 0.3) is 0 Å². The Morgan fingerprint density at radius 2 is 1.65 bits per heavy atom. The molecular formula is C11H9BrO5. The summed E-state index contributed by atoms with van der Waals surface area (Å²) < 4.78 is 0. The lowest BCUT2D eigenvalue weighted by Gasteiger charge is -2.08. The maximum atomic E-state index is 11.6. The summed E-state index contributed by atoms with van der Waals surface area (Å²) in [6.07, 6.45) is 0. The number of hydrogen-bond acceptors (Lipinski definition) is 3. The second kappa shape index (κ2) is 5.09. The molecule has 2 N–H and O–H groups in total. The molecule has 0 fully saturated rings. The van der Waals surface area contributed by atoms with Gasteiger partial charge in [0.05, 0.1) is 16.5 Å². The number of carbonyl (C=O) groups excluding carboxylic acids is 1. The van der Waals surface area contributed by atoms with Gasteiger partial charge in [-0.3, -0.25) is 4.79 Å². The first-order valence-electron chi connectivity index (χ1n) is 4.59. The summed E-state index contributed by atoms with van der Waals surface area (Å²) in [7, 11) is 0. The van der Waals surface area contributed by atoms with Crippen molar-refractivity contribution in [3.8, 4) is 0 Å². The molecule has 90 valence electrons. The summed E-state index contributed by atoms with van der Waals surface area (Å²) in [6.45, 7) is 1.48. The number of carboxylic acid groups (broad SMARTS) is 2. The van der Waals surface area contributed by atoms with E-state index in [9.17, 15) is 14.4 Å². The zero-order valence-corrected chi connectivity index (χ0v) is 10.4. The number of alkyl halides is 1. The first kappa shape index (κ1) is 13.4. The van der Waals surface area contributed by atoms with E-state index >= 15 is 0 Å². The highest BCUT2D eigenvalue weighted by molar-refractivity contribution is 9.09. The highest BCUT2D eigenvalue weighted by atomic mass is 79.9. The second-order valence-electron chi connectivity index (χ2n) is 3.36. The van der Waals surface area contributed by atoms with Crippen molar-refractivity contribution in [1.29, 1.82) is 0 Å². The Balaban J connectivity index is 3.54. The highest BCUT2D eigenvalue weighted by Gasteiger charge is 2.19. The molecule has 6 heteroatoms. The van der Waals surface area contributed by atoms with Crippen LogP contribution in [0.4, 0.5) is 0 Å². The average Bonchev–Trinajstić information content (AvgIpc) is 2.27. The molecule has 0 radical (unpaired) electrons. The molecule has 0 bridgehead atoms. The number of rotatable bonds is 4. The van der Waals surface area contributed by atoms with Gasteiger partial charge in [-0.25, -0.2) is 9.59 Å². The number of benzene rings is 1. The molecule has 0 saturated heterocycles. The molecule has 0 aliphatic heterocycles. The Hall–Kier alpha value is -1.69. The van der Waals surface area contributed by atoms with Crippen molar-refractivity contribution < 1.29 is 24.6 Å². The van der Waals surface area contributed by atoms with Crippen molar-refractivity contribution in [3.05, 3.63) is 34.4 Å². The SMILES string of the molecule is Cc1c(C(=O)O)cc(C(=O)O)cc1C(=O)CBr. The quantitative estimate of drug-likeness (QED) is 0.655. The lowest BCUT2D eigenvalue weighted by atomic mass is 9.96. The third-order valence-electron chi connectivity index (χ3n) is 2.31. The molecule has 0 aliphatic rings. The fourth-order valence-electron chi connectivity index (χ4n) is 1.42. The molecule has 1 rings (SSSR count). The van der Waals surface area contributed by atoms with Gasteiger partial charge in [0.15, 0.2) is 5.78 Å². The standard InChI is InChI=1S/C11H9BrO5/c1-5-7(9(13)4-12)2-6(10(14)15)3-8(5)11(16)17/h2-3H,4H2,1H3,(H,14,15)(H,16,17).